The second-order valence-electron chi connectivity index (χ2n) is 3.86. The van der Waals surface area contributed by atoms with Crippen LogP contribution in [0.25, 0.3) is 0 Å². The molecular formula is C13H15IN2O2S. The zero-order chi connectivity index (χ0) is 13.8. The number of rotatable bonds is 5. The largest absolute Gasteiger partial charge is 0.496 e. The highest BCUT2D eigenvalue weighted by Gasteiger charge is 2.22. The second kappa shape index (κ2) is 6.56. The van der Waals surface area contributed by atoms with Crippen molar-refractivity contribution in [2.75, 3.05) is 14.2 Å². The van der Waals surface area contributed by atoms with Crippen molar-refractivity contribution in [3.05, 3.63) is 43.7 Å². The van der Waals surface area contributed by atoms with Gasteiger partial charge >= 0.3 is 0 Å². The molecule has 4 nitrogen and oxygen atoms in total. The lowest BCUT2D eigenvalue weighted by Gasteiger charge is -2.21. The maximum atomic E-state index is 5.73. The van der Waals surface area contributed by atoms with Crippen LogP contribution in [0.5, 0.6) is 11.5 Å². The first-order valence-electron chi connectivity index (χ1n) is 5.62. The predicted molar refractivity (Wildman–Crippen MR) is 85.7 cm³/mol. The lowest BCUT2D eigenvalue weighted by molar-refractivity contribution is 0.377. The van der Waals surface area contributed by atoms with Gasteiger partial charge in [0, 0.05) is 0 Å². The summed E-state index contributed by atoms with van der Waals surface area (Å²) < 4.78 is 12.1. The smallest absolute Gasteiger partial charge is 0.127 e. The van der Waals surface area contributed by atoms with Crippen molar-refractivity contribution in [1.82, 2.24) is 5.43 Å². The maximum absolute atomic E-state index is 5.73. The Morgan fingerprint density at radius 3 is 2.32 bits per heavy atom. The van der Waals surface area contributed by atoms with E-state index in [4.69, 9.17) is 15.3 Å². The van der Waals surface area contributed by atoms with Gasteiger partial charge in [0.05, 0.1) is 28.7 Å². The quantitative estimate of drug-likeness (QED) is 0.468. The van der Waals surface area contributed by atoms with Crippen LogP contribution in [0.4, 0.5) is 0 Å². The van der Waals surface area contributed by atoms with Crippen LogP contribution in [-0.4, -0.2) is 14.2 Å². The second-order valence-corrected chi connectivity index (χ2v) is 6.67. The SMILES string of the molecule is COc1cccc(OC)c1C(NN)c1csc(I)c1. The third kappa shape index (κ3) is 3.02. The van der Waals surface area contributed by atoms with Gasteiger partial charge in [0.25, 0.3) is 0 Å². The molecule has 0 spiro atoms. The summed E-state index contributed by atoms with van der Waals surface area (Å²) in [6.07, 6.45) is 0. The molecule has 0 amide bonds. The number of benzene rings is 1. The summed E-state index contributed by atoms with van der Waals surface area (Å²) in [7, 11) is 3.28. The summed E-state index contributed by atoms with van der Waals surface area (Å²) in [5, 5.41) is 2.08. The third-order valence-electron chi connectivity index (χ3n) is 2.84. The fourth-order valence-corrected chi connectivity index (χ4v) is 3.38. The fourth-order valence-electron chi connectivity index (χ4n) is 1.99. The molecule has 19 heavy (non-hydrogen) atoms. The number of hydrogen-bond acceptors (Lipinski definition) is 5. The zero-order valence-corrected chi connectivity index (χ0v) is 13.6. The third-order valence-corrected chi connectivity index (χ3v) is 4.65. The number of thiophene rings is 1. The molecule has 1 atom stereocenters. The summed E-state index contributed by atoms with van der Waals surface area (Å²) in [5.74, 6) is 7.24. The lowest BCUT2D eigenvalue weighted by Crippen LogP contribution is -2.29. The Labute approximate surface area is 130 Å². The Bertz CT molecular complexity index is 537. The molecule has 102 valence electrons. The molecule has 1 unspecified atom stereocenters. The molecule has 0 aliphatic carbocycles. The normalized spacial score (nSPS) is 12.2. The summed E-state index contributed by atoms with van der Waals surface area (Å²) in [6.45, 7) is 0. The molecule has 0 aliphatic rings. The van der Waals surface area contributed by atoms with E-state index in [0.29, 0.717) is 0 Å². The Hall–Kier alpha value is -0.830. The van der Waals surface area contributed by atoms with Gasteiger partial charge in [-0.3, -0.25) is 5.84 Å². The summed E-state index contributed by atoms with van der Waals surface area (Å²) in [6, 6.07) is 7.64. The minimum absolute atomic E-state index is 0.161. The molecule has 0 saturated carbocycles. The van der Waals surface area contributed by atoms with Crippen molar-refractivity contribution in [2.45, 2.75) is 6.04 Å². The van der Waals surface area contributed by atoms with Crippen LogP contribution < -0.4 is 20.7 Å². The van der Waals surface area contributed by atoms with Crippen molar-refractivity contribution in [3.8, 4) is 11.5 Å². The Balaban J connectivity index is 2.53. The highest BCUT2D eigenvalue weighted by atomic mass is 127. The van der Waals surface area contributed by atoms with Crippen molar-refractivity contribution < 1.29 is 9.47 Å². The average Bonchev–Trinajstić information content (AvgIpc) is 2.86. The summed E-state index contributed by atoms with van der Waals surface area (Å²) in [5.41, 5.74) is 4.84. The molecule has 1 aromatic heterocycles. The first-order valence-corrected chi connectivity index (χ1v) is 7.58. The molecule has 1 aromatic carbocycles. The van der Waals surface area contributed by atoms with E-state index in [2.05, 4.69) is 39.5 Å². The highest BCUT2D eigenvalue weighted by Crippen LogP contribution is 2.38. The average molecular weight is 390 g/mol. The van der Waals surface area contributed by atoms with Crippen LogP contribution >= 0.6 is 33.9 Å². The molecule has 0 radical (unpaired) electrons. The molecule has 0 aliphatic heterocycles. The van der Waals surface area contributed by atoms with Gasteiger partial charge in [0.2, 0.25) is 0 Å². The monoisotopic (exact) mass is 390 g/mol. The molecule has 1 heterocycles. The zero-order valence-electron chi connectivity index (χ0n) is 10.6. The van der Waals surface area contributed by atoms with Crippen molar-refractivity contribution >= 4 is 33.9 Å². The minimum Gasteiger partial charge on any atom is -0.496 e. The molecule has 0 fully saturated rings. The number of nitrogens with two attached hydrogens (primary N) is 1. The Kier molecular flexibility index (Phi) is 5.03. The van der Waals surface area contributed by atoms with E-state index in [1.807, 2.05) is 18.2 Å². The first-order chi connectivity index (χ1) is 9.21. The van der Waals surface area contributed by atoms with E-state index in [1.54, 1.807) is 25.6 Å². The number of hydrazine groups is 1. The van der Waals surface area contributed by atoms with E-state index >= 15 is 0 Å². The number of ether oxygens (including phenoxy) is 2. The van der Waals surface area contributed by atoms with Crippen LogP contribution in [-0.2, 0) is 0 Å². The van der Waals surface area contributed by atoms with Gasteiger partial charge in [-0.05, 0) is 51.7 Å². The maximum Gasteiger partial charge on any atom is 0.127 e. The number of methoxy groups -OCH3 is 2. The van der Waals surface area contributed by atoms with Crippen LogP contribution in [0.15, 0.2) is 29.6 Å². The van der Waals surface area contributed by atoms with Crippen molar-refractivity contribution in [3.63, 3.8) is 0 Å². The Morgan fingerprint density at radius 2 is 1.89 bits per heavy atom. The van der Waals surface area contributed by atoms with Gasteiger partial charge in [-0.15, -0.1) is 11.3 Å². The van der Waals surface area contributed by atoms with Gasteiger partial charge in [-0.2, -0.15) is 0 Å². The van der Waals surface area contributed by atoms with Gasteiger partial charge in [-0.1, -0.05) is 6.07 Å². The van der Waals surface area contributed by atoms with E-state index in [-0.39, 0.29) is 6.04 Å². The minimum atomic E-state index is -0.161. The van der Waals surface area contributed by atoms with Crippen LogP contribution in [0.1, 0.15) is 17.2 Å². The van der Waals surface area contributed by atoms with E-state index in [1.165, 1.54) is 2.88 Å². The van der Waals surface area contributed by atoms with Gasteiger partial charge < -0.3 is 9.47 Å². The van der Waals surface area contributed by atoms with Crippen LogP contribution in [0.2, 0.25) is 0 Å². The van der Waals surface area contributed by atoms with Gasteiger partial charge in [0.15, 0.2) is 0 Å². The van der Waals surface area contributed by atoms with Crippen LogP contribution in [0.3, 0.4) is 0 Å². The molecule has 3 N–H and O–H groups in total. The summed E-state index contributed by atoms with van der Waals surface area (Å²) in [4.78, 5) is 0. The molecule has 0 bridgehead atoms. The molecule has 6 heteroatoms. The number of hydrogen-bond donors (Lipinski definition) is 2. The van der Waals surface area contributed by atoms with Crippen molar-refractivity contribution in [2.24, 2.45) is 5.84 Å². The topological polar surface area (TPSA) is 56.5 Å². The van der Waals surface area contributed by atoms with E-state index < -0.39 is 0 Å². The van der Waals surface area contributed by atoms with E-state index in [9.17, 15) is 0 Å². The number of halogens is 1. The predicted octanol–water partition coefficient (Wildman–Crippen LogP) is 2.92. The van der Waals surface area contributed by atoms with Crippen molar-refractivity contribution in [1.29, 1.82) is 0 Å². The Morgan fingerprint density at radius 1 is 1.26 bits per heavy atom. The highest BCUT2D eigenvalue weighted by molar-refractivity contribution is 14.1. The van der Waals surface area contributed by atoms with E-state index in [0.717, 1.165) is 22.6 Å². The molecular weight excluding hydrogens is 375 g/mol. The molecule has 0 saturated heterocycles. The standard InChI is InChI=1S/C13H15IN2O2S/c1-17-9-4-3-5-10(18-2)12(9)13(16-15)8-6-11(14)19-7-8/h3-7,13,16H,15H2,1-2H3. The number of nitrogens with one attached hydrogen (secondary N) is 1. The summed E-state index contributed by atoms with van der Waals surface area (Å²) >= 11 is 3.97. The molecule has 2 aromatic rings. The van der Waals surface area contributed by atoms with Gasteiger partial charge in [-0.25, -0.2) is 5.43 Å². The van der Waals surface area contributed by atoms with Gasteiger partial charge in [0.1, 0.15) is 11.5 Å². The van der Waals surface area contributed by atoms with Crippen LogP contribution in [0, 0.1) is 2.88 Å². The first kappa shape index (κ1) is 14.6. The fraction of sp³-hybridized carbons (Fsp3) is 0.231. The molecule has 2 rings (SSSR count). The lowest BCUT2D eigenvalue weighted by atomic mass is 10.00.